The highest BCUT2D eigenvalue weighted by atomic mass is 32.2. The first-order valence-electron chi connectivity index (χ1n) is 2.75. The predicted octanol–water partition coefficient (Wildman–Crippen LogP) is 0.193. The molecule has 0 radical (unpaired) electrons. The smallest absolute Gasteiger partial charge is 0.153 e. The fourth-order valence-electron chi connectivity index (χ4n) is 0.393. The van der Waals surface area contributed by atoms with Gasteiger partial charge in [-0.1, -0.05) is 13.8 Å². The molecule has 0 bridgehead atoms. The van der Waals surface area contributed by atoms with Crippen LogP contribution < -0.4 is 5.73 Å². The first kappa shape index (κ1) is 9.07. The van der Waals surface area contributed by atoms with Crippen molar-refractivity contribution >= 4 is 11.1 Å². The van der Waals surface area contributed by atoms with Crippen LogP contribution in [0, 0.1) is 5.41 Å². The van der Waals surface area contributed by atoms with E-state index < -0.39 is 11.1 Å². The highest BCUT2D eigenvalue weighted by Crippen LogP contribution is 2.12. The highest BCUT2D eigenvalue weighted by molar-refractivity contribution is 7.79. The van der Waals surface area contributed by atoms with Gasteiger partial charge in [-0.15, -0.1) is 0 Å². The summed E-state index contributed by atoms with van der Waals surface area (Å²) < 4.78 is 18.7. The van der Waals surface area contributed by atoms with Crippen LogP contribution >= 0.6 is 0 Å². The van der Waals surface area contributed by atoms with Crippen LogP contribution in [0.2, 0.25) is 0 Å². The van der Waals surface area contributed by atoms with Crippen LogP contribution in [0.3, 0.4) is 0 Å². The Kier molecular flexibility index (Phi) is 3.32. The molecule has 56 valence electrons. The summed E-state index contributed by atoms with van der Waals surface area (Å²) in [6, 6.07) is 0. The third kappa shape index (κ3) is 4.57. The van der Waals surface area contributed by atoms with Gasteiger partial charge in [0.2, 0.25) is 0 Å². The molecule has 1 unspecified atom stereocenters. The normalized spacial score (nSPS) is 15.6. The van der Waals surface area contributed by atoms with Gasteiger partial charge in [0.25, 0.3) is 0 Å². The first-order valence-corrected chi connectivity index (χ1v) is 4.03. The Labute approximate surface area is 57.9 Å². The van der Waals surface area contributed by atoms with Crippen LogP contribution in [0.1, 0.15) is 13.8 Å². The molecule has 9 heavy (non-hydrogen) atoms. The van der Waals surface area contributed by atoms with E-state index in [2.05, 4.69) is 0 Å². The molecule has 3 N–H and O–H groups in total. The molecule has 0 saturated heterocycles. The van der Waals surface area contributed by atoms with E-state index in [0.717, 1.165) is 0 Å². The van der Waals surface area contributed by atoms with E-state index >= 15 is 0 Å². The van der Waals surface area contributed by atoms with E-state index in [0.29, 0.717) is 6.54 Å². The van der Waals surface area contributed by atoms with Crippen molar-refractivity contribution in [3.8, 4) is 0 Å². The van der Waals surface area contributed by atoms with Crippen LogP contribution in [0.25, 0.3) is 0 Å². The molecule has 0 aromatic rings. The van der Waals surface area contributed by atoms with Crippen molar-refractivity contribution in [1.82, 2.24) is 0 Å². The lowest BCUT2D eigenvalue weighted by Gasteiger charge is -2.18. The lowest BCUT2D eigenvalue weighted by Crippen LogP contribution is -2.29. The maximum Gasteiger partial charge on any atom is 0.153 e. The average molecular weight is 151 g/mol. The van der Waals surface area contributed by atoms with E-state index in [4.69, 9.17) is 10.3 Å². The van der Waals surface area contributed by atoms with Crippen LogP contribution in [-0.2, 0) is 11.1 Å². The van der Waals surface area contributed by atoms with Gasteiger partial charge in [-0.05, 0) is 12.0 Å². The van der Waals surface area contributed by atoms with Gasteiger partial charge >= 0.3 is 0 Å². The molecule has 0 aliphatic rings. The summed E-state index contributed by atoms with van der Waals surface area (Å²) in [5, 5.41) is 0. The molecular formula is C5H13NO2S. The maximum atomic E-state index is 10.2. The Morgan fingerprint density at radius 3 is 2.22 bits per heavy atom. The number of nitrogens with two attached hydrogens (primary N) is 1. The number of rotatable bonds is 3. The Balaban J connectivity index is 3.71. The lowest BCUT2D eigenvalue weighted by molar-refractivity contribution is 0.420. The topological polar surface area (TPSA) is 63.3 Å². The van der Waals surface area contributed by atoms with Crippen molar-refractivity contribution in [3.05, 3.63) is 0 Å². The van der Waals surface area contributed by atoms with Gasteiger partial charge in [-0.2, -0.15) is 0 Å². The summed E-state index contributed by atoms with van der Waals surface area (Å²) >= 11 is -1.71. The van der Waals surface area contributed by atoms with Crippen LogP contribution in [0.5, 0.6) is 0 Å². The molecule has 0 rings (SSSR count). The summed E-state index contributed by atoms with van der Waals surface area (Å²) in [5.41, 5.74) is 5.10. The van der Waals surface area contributed by atoms with Crippen LogP contribution in [0.15, 0.2) is 0 Å². The minimum atomic E-state index is -1.71. The zero-order valence-corrected chi connectivity index (χ0v) is 6.57. The molecule has 0 aliphatic heterocycles. The monoisotopic (exact) mass is 151 g/mol. The largest absolute Gasteiger partial charge is 0.330 e. The minimum absolute atomic E-state index is 0.209. The summed E-state index contributed by atoms with van der Waals surface area (Å²) in [4.78, 5) is 0. The summed E-state index contributed by atoms with van der Waals surface area (Å²) in [7, 11) is 0. The van der Waals surface area contributed by atoms with Crippen LogP contribution in [0.4, 0.5) is 0 Å². The quantitative estimate of drug-likeness (QED) is 0.566. The van der Waals surface area contributed by atoms with Crippen molar-refractivity contribution in [2.45, 2.75) is 13.8 Å². The van der Waals surface area contributed by atoms with Crippen molar-refractivity contribution in [2.75, 3.05) is 12.3 Å². The van der Waals surface area contributed by atoms with Gasteiger partial charge < -0.3 is 10.3 Å². The van der Waals surface area contributed by atoms with E-state index in [-0.39, 0.29) is 11.2 Å². The van der Waals surface area contributed by atoms with E-state index in [1.165, 1.54) is 0 Å². The standard InChI is InChI=1S/C5H13NO2S/c1-5(2,3-6)4-9(7)8/h3-4,6H2,1-2H3,(H,7,8). The fourth-order valence-corrected chi connectivity index (χ4v) is 1.18. The minimum Gasteiger partial charge on any atom is -0.330 e. The van der Waals surface area contributed by atoms with E-state index in [9.17, 15) is 4.21 Å². The average Bonchev–Trinajstić information content (AvgIpc) is 1.63. The van der Waals surface area contributed by atoms with Crippen molar-refractivity contribution in [2.24, 2.45) is 11.1 Å². The second-order valence-electron chi connectivity index (χ2n) is 2.83. The Morgan fingerprint density at radius 2 is 2.11 bits per heavy atom. The van der Waals surface area contributed by atoms with Gasteiger partial charge in [-0.3, -0.25) is 0 Å². The molecule has 0 amide bonds. The second-order valence-corrected chi connectivity index (χ2v) is 3.77. The van der Waals surface area contributed by atoms with Gasteiger partial charge in [-0.25, -0.2) is 4.21 Å². The Morgan fingerprint density at radius 1 is 1.67 bits per heavy atom. The molecule has 0 heterocycles. The fraction of sp³-hybridized carbons (Fsp3) is 1.00. The van der Waals surface area contributed by atoms with E-state index in [1.807, 2.05) is 13.8 Å². The number of hydrogen-bond acceptors (Lipinski definition) is 2. The van der Waals surface area contributed by atoms with Crippen molar-refractivity contribution in [1.29, 1.82) is 0 Å². The molecule has 0 saturated carbocycles. The van der Waals surface area contributed by atoms with Gasteiger partial charge in [0.05, 0.1) is 5.75 Å². The molecule has 0 fully saturated rings. The molecule has 3 nitrogen and oxygen atoms in total. The molecule has 1 atom stereocenters. The first-order chi connectivity index (χ1) is 3.98. The molecule has 0 aromatic carbocycles. The second kappa shape index (κ2) is 3.29. The van der Waals surface area contributed by atoms with Gasteiger partial charge in [0, 0.05) is 0 Å². The van der Waals surface area contributed by atoms with Crippen LogP contribution in [-0.4, -0.2) is 21.1 Å². The Hall–Kier alpha value is 0.0700. The number of hydrogen-bond donors (Lipinski definition) is 2. The Bertz CT molecular complexity index is 114. The molecular weight excluding hydrogens is 138 g/mol. The SMILES string of the molecule is CC(C)(CN)CS(=O)O. The predicted molar refractivity (Wildman–Crippen MR) is 38.5 cm³/mol. The molecule has 0 aromatic heterocycles. The van der Waals surface area contributed by atoms with E-state index in [1.54, 1.807) is 0 Å². The highest BCUT2D eigenvalue weighted by Gasteiger charge is 2.17. The lowest BCUT2D eigenvalue weighted by atomic mass is 9.97. The van der Waals surface area contributed by atoms with Gasteiger partial charge in [0.1, 0.15) is 0 Å². The molecule has 0 aliphatic carbocycles. The van der Waals surface area contributed by atoms with Crippen molar-refractivity contribution < 1.29 is 8.76 Å². The maximum absolute atomic E-state index is 10.2. The zero-order valence-electron chi connectivity index (χ0n) is 5.76. The molecule has 0 spiro atoms. The third-order valence-electron chi connectivity index (χ3n) is 1.07. The summed E-state index contributed by atoms with van der Waals surface area (Å²) in [5.74, 6) is 0.253. The molecule has 4 heteroatoms. The summed E-state index contributed by atoms with van der Waals surface area (Å²) in [6.45, 7) is 4.17. The third-order valence-corrected chi connectivity index (χ3v) is 2.10. The zero-order chi connectivity index (χ0) is 7.49. The van der Waals surface area contributed by atoms with Gasteiger partial charge in [0.15, 0.2) is 11.1 Å². The summed E-state index contributed by atoms with van der Waals surface area (Å²) in [6.07, 6.45) is 0. The van der Waals surface area contributed by atoms with Crippen molar-refractivity contribution in [3.63, 3.8) is 0 Å².